The Bertz CT molecular complexity index is 1220. The minimum Gasteiger partial charge on any atom is -0.422 e. The zero-order valence-electron chi connectivity index (χ0n) is 15.7. The van der Waals surface area contributed by atoms with Crippen LogP contribution in [0, 0.1) is 13.8 Å². The molecular weight excluding hydrogens is 372 g/mol. The number of hydrogen-bond donors (Lipinski definition) is 1. The van der Waals surface area contributed by atoms with E-state index in [2.05, 4.69) is 5.43 Å². The predicted molar refractivity (Wildman–Crippen MR) is 114 cm³/mol. The van der Waals surface area contributed by atoms with Gasteiger partial charge < -0.3 is 4.42 Å². The van der Waals surface area contributed by atoms with Gasteiger partial charge >= 0.3 is 5.63 Å². The van der Waals surface area contributed by atoms with E-state index >= 15 is 0 Å². The van der Waals surface area contributed by atoms with Crippen molar-refractivity contribution >= 4 is 39.4 Å². The van der Waals surface area contributed by atoms with Crippen molar-refractivity contribution in [1.29, 1.82) is 0 Å². The highest BCUT2D eigenvalue weighted by Gasteiger charge is 2.11. The third-order valence-corrected chi connectivity index (χ3v) is 5.70. The number of carbonyl (C=O) groups excluding carboxylic acids is 1. The van der Waals surface area contributed by atoms with Gasteiger partial charge in [0, 0.05) is 34.0 Å². The van der Waals surface area contributed by atoms with Gasteiger partial charge in [-0.3, -0.25) is 14.9 Å². The van der Waals surface area contributed by atoms with Gasteiger partial charge in [-0.25, -0.2) is 4.79 Å². The molecule has 2 aromatic carbocycles. The van der Waals surface area contributed by atoms with Crippen LogP contribution in [0.5, 0.6) is 0 Å². The number of benzene rings is 2. The second-order valence-corrected chi connectivity index (χ2v) is 7.72. The summed E-state index contributed by atoms with van der Waals surface area (Å²) in [6.45, 7) is 3.89. The van der Waals surface area contributed by atoms with Crippen LogP contribution in [0.3, 0.4) is 0 Å². The van der Waals surface area contributed by atoms with Crippen LogP contribution in [-0.4, -0.2) is 16.3 Å². The molecule has 0 spiro atoms. The Hall–Kier alpha value is -2.99. The van der Waals surface area contributed by atoms with Crippen LogP contribution in [0.4, 0.5) is 0 Å². The number of hydrogen-bond acceptors (Lipinski definition) is 4. The molecule has 0 aliphatic carbocycles. The summed E-state index contributed by atoms with van der Waals surface area (Å²) in [5.74, 6) is 0.772. The SMILES string of the molecule is Cc1ccc(C)n1NC(=O)CSCc1cc(=O)oc2c1ccc1ccccc12. The molecule has 0 bridgehead atoms. The molecule has 1 N–H and O–H groups in total. The second kappa shape index (κ2) is 7.56. The number of nitrogens with one attached hydrogen (secondary N) is 1. The number of amides is 1. The van der Waals surface area contributed by atoms with E-state index in [0.717, 1.165) is 33.1 Å². The molecule has 0 saturated heterocycles. The zero-order valence-corrected chi connectivity index (χ0v) is 16.5. The van der Waals surface area contributed by atoms with Crippen LogP contribution in [0.2, 0.25) is 0 Å². The lowest BCUT2D eigenvalue weighted by Gasteiger charge is -2.11. The van der Waals surface area contributed by atoms with Crippen molar-refractivity contribution in [2.75, 3.05) is 11.2 Å². The molecule has 0 fully saturated rings. The number of thioether (sulfide) groups is 1. The molecule has 4 aromatic rings. The van der Waals surface area contributed by atoms with Crippen molar-refractivity contribution in [3.8, 4) is 0 Å². The van der Waals surface area contributed by atoms with Crippen molar-refractivity contribution in [1.82, 2.24) is 4.68 Å². The maximum absolute atomic E-state index is 12.3. The Kier molecular flexibility index (Phi) is 4.96. The summed E-state index contributed by atoms with van der Waals surface area (Å²) in [5, 5.41) is 2.85. The van der Waals surface area contributed by atoms with Gasteiger partial charge in [-0.15, -0.1) is 11.8 Å². The zero-order chi connectivity index (χ0) is 19.7. The fourth-order valence-electron chi connectivity index (χ4n) is 3.33. The highest BCUT2D eigenvalue weighted by atomic mass is 32.2. The molecule has 0 radical (unpaired) electrons. The third-order valence-electron chi connectivity index (χ3n) is 4.72. The average molecular weight is 392 g/mol. The molecule has 2 aromatic heterocycles. The topological polar surface area (TPSA) is 64.2 Å². The van der Waals surface area contributed by atoms with E-state index in [1.54, 1.807) is 4.68 Å². The van der Waals surface area contributed by atoms with Crippen molar-refractivity contribution in [2.45, 2.75) is 19.6 Å². The highest BCUT2D eigenvalue weighted by molar-refractivity contribution is 7.99. The van der Waals surface area contributed by atoms with E-state index in [4.69, 9.17) is 4.42 Å². The van der Waals surface area contributed by atoms with Crippen molar-refractivity contribution in [2.24, 2.45) is 0 Å². The monoisotopic (exact) mass is 392 g/mol. The molecule has 142 valence electrons. The van der Waals surface area contributed by atoms with Gasteiger partial charge in [-0.05, 0) is 36.9 Å². The lowest BCUT2D eigenvalue weighted by molar-refractivity contribution is -0.114. The summed E-state index contributed by atoms with van der Waals surface area (Å²) in [5.41, 5.74) is 5.96. The second-order valence-electron chi connectivity index (χ2n) is 6.73. The number of rotatable bonds is 5. The fourth-order valence-corrected chi connectivity index (χ4v) is 4.14. The number of carbonyl (C=O) groups is 1. The van der Waals surface area contributed by atoms with Gasteiger partial charge in [-0.2, -0.15) is 0 Å². The maximum atomic E-state index is 12.3. The van der Waals surface area contributed by atoms with E-state index < -0.39 is 0 Å². The quantitative estimate of drug-likeness (QED) is 0.405. The Morgan fingerprint density at radius 1 is 1.04 bits per heavy atom. The van der Waals surface area contributed by atoms with Crippen LogP contribution in [-0.2, 0) is 10.5 Å². The number of fused-ring (bicyclic) bond motifs is 3. The van der Waals surface area contributed by atoms with Gasteiger partial charge in [-0.1, -0.05) is 36.4 Å². The fraction of sp³-hybridized carbons (Fsp3) is 0.182. The van der Waals surface area contributed by atoms with Gasteiger partial charge in [0.1, 0.15) is 5.58 Å². The maximum Gasteiger partial charge on any atom is 0.336 e. The van der Waals surface area contributed by atoms with E-state index in [1.165, 1.54) is 17.8 Å². The Morgan fingerprint density at radius 2 is 1.79 bits per heavy atom. The van der Waals surface area contributed by atoms with Gasteiger partial charge in [0.25, 0.3) is 0 Å². The summed E-state index contributed by atoms with van der Waals surface area (Å²) in [4.78, 5) is 24.4. The number of nitrogens with zero attached hydrogens (tertiary/aromatic N) is 1. The van der Waals surface area contributed by atoms with Crippen LogP contribution in [0.1, 0.15) is 17.0 Å². The molecular formula is C22H20N2O3S. The van der Waals surface area contributed by atoms with E-state index in [1.807, 2.05) is 62.4 Å². The minimum absolute atomic E-state index is 0.0786. The first kappa shape index (κ1) is 18.4. The first-order valence-electron chi connectivity index (χ1n) is 9.00. The Balaban J connectivity index is 1.53. The van der Waals surface area contributed by atoms with E-state index in [0.29, 0.717) is 17.1 Å². The summed E-state index contributed by atoms with van der Waals surface area (Å²) in [6.07, 6.45) is 0. The Morgan fingerprint density at radius 3 is 2.57 bits per heavy atom. The summed E-state index contributed by atoms with van der Waals surface area (Å²) >= 11 is 1.47. The smallest absolute Gasteiger partial charge is 0.336 e. The summed E-state index contributed by atoms with van der Waals surface area (Å²) in [6, 6.07) is 17.3. The van der Waals surface area contributed by atoms with Gasteiger partial charge in [0.05, 0.1) is 5.75 Å². The molecule has 6 heteroatoms. The van der Waals surface area contributed by atoms with Gasteiger partial charge in [0.2, 0.25) is 5.91 Å². The lowest BCUT2D eigenvalue weighted by Crippen LogP contribution is -2.26. The highest BCUT2D eigenvalue weighted by Crippen LogP contribution is 2.28. The van der Waals surface area contributed by atoms with Crippen LogP contribution in [0.25, 0.3) is 21.7 Å². The molecule has 0 saturated carbocycles. The van der Waals surface area contributed by atoms with Crippen molar-refractivity contribution in [3.05, 3.63) is 82.0 Å². The molecule has 0 aliphatic heterocycles. The van der Waals surface area contributed by atoms with E-state index in [-0.39, 0.29) is 11.5 Å². The standard InChI is InChI=1S/C22H20N2O3S/c1-14-7-8-15(2)24(14)23-20(25)13-28-12-17-11-21(26)27-22-18-6-4-3-5-16(18)9-10-19(17)22/h3-11H,12-13H2,1-2H3,(H,23,25). The first-order valence-corrected chi connectivity index (χ1v) is 10.2. The van der Waals surface area contributed by atoms with Crippen LogP contribution < -0.4 is 11.1 Å². The molecule has 0 aliphatic rings. The molecule has 4 rings (SSSR count). The molecule has 5 nitrogen and oxygen atoms in total. The van der Waals surface area contributed by atoms with Gasteiger partial charge in [0.15, 0.2) is 0 Å². The number of aromatic nitrogens is 1. The van der Waals surface area contributed by atoms with Crippen molar-refractivity contribution < 1.29 is 9.21 Å². The molecule has 0 atom stereocenters. The normalized spacial score (nSPS) is 11.2. The first-order chi connectivity index (χ1) is 13.5. The van der Waals surface area contributed by atoms with E-state index in [9.17, 15) is 9.59 Å². The number of aryl methyl sites for hydroxylation is 2. The summed E-state index contributed by atoms with van der Waals surface area (Å²) in [7, 11) is 0. The Labute approximate surface area is 166 Å². The minimum atomic E-state index is -0.373. The molecule has 2 heterocycles. The van der Waals surface area contributed by atoms with Crippen LogP contribution in [0.15, 0.2) is 63.8 Å². The average Bonchev–Trinajstić information content (AvgIpc) is 2.99. The molecule has 1 amide bonds. The molecule has 28 heavy (non-hydrogen) atoms. The lowest BCUT2D eigenvalue weighted by atomic mass is 10.0. The largest absolute Gasteiger partial charge is 0.422 e. The van der Waals surface area contributed by atoms with Crippen molar-refractivity contribution in [3.63, 3.8) is 0 Å². The third kappa shape index (κ3) is 3.55. The van der Waals surface area contributed by atoms with Crippen LogP contribution >= 0.6 is 11.8 Å². The molecule has 0 unspecified atom stereocenters. The predicted octanol–water partition coefficient (Wildman–Crippen LogP) is 4.37. The summed E-state index contributed by atoms with van der Waals surface area (Å²) < 4.78 is 7.27.